The minimum Gasteiger partial charge on any atom is -0.479 e. The van der Waals surface area contributed by atoms with Crippen molar-refractivity contribution >= 4 is 5.97 Å². The van der Waals surface area contributed by atoms with E-state index in [1.54, 1.807) is 0 Å². The van der Waals surface area contributed by atoms with Crippen LogP contribution < -0.4 is 0 Å². The van der Waals surface area contributed by atoms with E-state index in [9.17, 15) is 9.90 Å². The predicted molar refractivity (Wildman–Crippen MR) is 45.2 cm³/mol. The third-order valence-electron chi connectivity index (χ3n) is 1.69. The van der Waals surface area contributed by atoms with Crippen LogP contribution in [0.1, 0.15) is 12.5 Å². The second kappa shape index (κ2) is 3.47. The van der Waals surface area contributed by atoms with Gasteiger partial charge in [-0.2, -0.15) is 10.4 Å². The van der Waals surface area contributed by atoms with Crippen molar-refractivity contribution in [3.05, 3.63) is 18.0 Å². The molecule has 0 saturated heterocycles. The molecule has 1 unspecified atom stereocenters. The number of carbonyl (C=O) groups is 1. The van der Waals surface area contributed by atoms with Crippen LogP contribution >= 0.6 is 0 Å². The molecule has 0 saturated carbocycles. The molecule has 6 heteroatoms. The van der Waals surface area contributed by atoms with Gasteiger partial charge in [-0.1, -0.05) is 0 Å². The molecular weight excluding hydrogens is 186 g/mol. The predicted octanol–water partition coefficient (Wildman–Crippen LogP) is -0.410. The van der Waals surface area contributed by atoms with Gasteiger partial charge in [0.1, 0.15) is 6.07 Å². The molecule has 1 atom stereocenters. The fourth-order valence-corrected chi connectivity index (χ4v) is 0.891. The third-order valence-corrected chi connectivity index (χ3v) is 1.69. The Balaban J connectivity index is 2.79. The SMILES string of the molecule is CC(O)(Cn1cc(C#N)cn1)C(=O)O. The number of rotatable bonds is 3. The Morgan fingerprint density at radius 3 is 2.93 bits per heavy atom. The zero-order chi connectivity index (χ0) is 10.8. The largest absolute Gasteiger partial charge is 0.479 e. The summed E-state index contributed by atoms with van der Waals surface area (Å²) < 4.78 is 1.21. The lowest BCUT2D eigenvalue weighted by Gasteiger charge is -2.17. The van der Waals surface area contributed by atoms with E-state index in [4.69, 9.17) is 10.4 Å². The molecule has 0 aliphatic rings. The van der Waals surface area contributed by atoms with E-state index in [-0.39, 0.29) is 6.54 Å². The van der Waals surface area contributed by atoms with E-state index in [1.807, 2.05) is 6.07 Å². The second-order valence-corrected chi connectivity index (χ2v) is 3.12. The standard InChI is InChI=1S/C8H9N3O3/c1-8(14,7(12)13)5-11-4-6(2-9)3-10-11/h3-4,14H,5H2,1H3,(H,12,13). The van der Waals surface area contributed by atoms with Crippen molar-refractivity contribution in [1.29, 1.82) is 5.26 Å². The Morgan fingerprint density at radius 2 is 2.50 bits per heavy atom. The normalized spacial score (nSPS) is 14.4. The zero-order valence-electron chi connectivity index (χ0n) is 7.51. The van der Waals surface area contributed by atoms with Gasteiger partial charge >= 0.3 is 5.97 Å². The number of nitriles is 1. The van der Waals surface area contributed by atoms with Crippen LogP contribution in [0.5, 0.6) is 0 Å². The van der Waals surface area contributed by atoms with Crippen LogP contribution in [0.2, 0.25) is 0 Å². The van der Waals surface area contributed by atoms with Crippen LogP contribution in [0.4, 0.5) is 0 Å². The quantitative estimate of drug-likeness (QED) is 0.683. The van der Waals surface area contributed by atoms with E-state index in [2.05, 4.69) is 5.10 Å². The minimum atomic E-state index is -1.88. The van der Waals surface area contributed by atoms with Crippen molar-refractivity contribution in [3.8, 4) is 6.07 Å². The maximum absolute atomic E-state index is 10.5. The van der Waals surface area contributed by atoms with Crippen LogP contribution in [0.3, 0.4) is 0 Å². The minimum absolute atomic E-state index is 0.190. The van der Waals surface area contributed by atoms with Gasteiger partial charge in [0.05, 0.1) is 18.3 Å². The molecule has 0 bridgehead atoms. The average molecular weight is 195 g/mol. The van der Waals surface area contributed by atoms with Crippen molar-refractivity contribution in [2.45, 2.75) is 19.1 Å². The Morgan fingerprint density at radius 1 is 1.86 bits per heavy atom. The van der Waals surface area contributed by atoms with Gasteiger partial charge in [-0.05, 0) is 6.92 Å². The molecule has 2 N–H and O–H groups in total. The summed E-state index contributed by atoms with van der Waals surface area (Å²) in [6.45, 7) is 0.979. The second-order valence-electron chi connectivity index (χ2n) is 3.12. The summed E-state index contributed by atoms with van der Waals surface area (Å²) >= 11 is 0. The fraction of sp³-hybridized carbons (Fsp3) is 0.375. The van der Waals surface area contributed by atoms with Crippen molar-refractivity contribution in [1.82, 2.24) is 9.78 Å². The van der Waals surface area contributed by atoms with E-state index in [1.165, 1.54) is 24.0 Å². The van der Waals surface area contributed by atoms with Gasteiger partial charge in [-0.15, -0.1) is 0 Å². The maximum Gasteiger partial charge on any atom is 0.337 e. The van der Waals surface area contributed by atoms with Crippen LogP contribution in [0.25, 0.3) is 0 Å². The number of carboxylic acids is 1. The van der Waals surface area contributed by atoms with Gasteiger partial charge in [0, 0.05) is 6.20 Å². The summed E-state index contributed by atoms with van der Waals surface area (Å²) in [5.74, 6) is -1.33. The first-order chi connectivity index (χ1) is 6.45. The highest BCUT2D eigenvalue weighted by atomic mass is 16.4. The molecule has 0 fully saturated rings. The van der Waals surface area contributed by atoms with Crippen molar-refractivity contribution in [2.24, 2.45) is 0 Å². The molecule has 1 rings (SSSR count). The molecule has 0 aliphatic heterocycles. The van der Waals surface area contributed by atoms with Crippen molar-refractivity contribution < 1.29 is 15.0 Å². The topological polar surface area (TPSA) is 99.1 Å². The van der Waals surface area contributed by atoms with E-state index in [0.717, 1.165) is 0 Å². The number of aromatic nitrogens is 2. The Kier molecular flexibility index (Phi) is 2.53. The summed E-state index contributed by atoms with van der Waals surface area (Å²) in [5, 5.41) is 30.2. The number of hydrogen-bond donors (Lipinski definition) is 2. The first-order valence-electron chi connectivity index (χ1n) is 3.84. The highest BCUT2D eigenvalue weighted by Gasteiger charge is 2.30. The third kappa shape index (κ3) is 2.08. The number of aliphatic carboxylic acids is 1. The monoisotopic (exact) mass is 195 g/mol. The Bertz CT molecular complexity index is 389. The van der Waals surface area contributed by atoms with E-state index >= 15 is 0 Å². The number of carboxylic acid groups (broad SMARTS) is 1. The summed E-state index contributed by atoms with van der Waals surface area (Å²) in [5.41, 5.74) is -1.55. The zero-order valence-corrected chi connectivity index (χ0v) is 7.51. The van der Waals surface area contributed by atoms with Crippen LogP contribution in [0, 0.1) is 11.3 Å². The molecule has 6 nitrogen and oxygen atoms in total. The van der Waals surface area contributed by atoms with Gasteiger partial charge < -0.3 is 10.2 Å². The lowest BCUT2D eigenvalue weighted by molar-refractivity contribution is -0.158. The summed E-state index contributed by atoms with van der Waals surface area (Å²) in [6.07, 6.45) is 2.68. The maximum atomic E-state index is 10.5. The fourth-order valence-electron chi connectivity index (χ4n) is 0.891. The molecule has 1 heterocycles. The average Bonchev–Trinajstić information content (AvgIpc) is 2.51. The van der Waals surface area contributed by atoms with Crippen molar-refractivity contribution in [2.75, 3.05) is 0 Å². The molecule has 0 aliphatic carbocycles. The Hall–Kier alpha value is -1.87. The molecule has 14 heavy (non-hydrogen) atoms. The van der Waals surface area contributed by atoms with E-state index in [0.29, 0.717) is 5.56 Å². The van der Waals surface area contributed by atoms with Crippen LogP contribution in [-0.4, -0.2) is 31.6 Å². The molecule has 0 spiro atoms. The molecule has 1 aromatic rings. The van der Waals surface area contributed by atoms with Gasteiger partial charge in [0.2, 0.25) is 0 Å². The molecular formula is C8H9N3O3. The smallest absolute Gasteiger partial charge is 0.337 e. The first kappa shape index (κ1) is 10.2. The van der Waals surface area contributed by atoms with Crippen LogP contribution in [-0.2, 0) is 11.3 Å². The lowest BCUT2D eigenvalue weighted by atomic mass is 10.1. The van der Waals surface area contributed by atoms with Gasteiger partial charge in [0.25, 0.3) is 0 Å². The summed E-state index contributed by atoms with van der Waals surface area (Å²) in [4.78, 5) is 10.5. The van der Waals surface area contributed by atoms with Crippen LogP contribution in [0.15, 0.2) is 12.4 Å². The van der Waals surface area contributed by atoms with Gasteiger partial charge in [-0.25, -0.2) is 4.79 Å². The van der Waals surface area contributed by atoms with Gasteiger partial charge in [-0.3, -0.25) is 4.68 Å². The molecule has 0 amide bonds. The Labute approximate surface area is 80.0 Å². The molecule has 1 aromatic heterocycles. The highest BCUT2D eigenvalue weighted by molar-refractivity contribution is 5.76. The summed E-state index contributed by atoms with van der Waals surface area (Å²) in [7, 11) is 0. The molecule has 74 valence electrons. The highest BCUT2D eigenvalue weighted by Crippen LogP contribution is 2.07. The van der Waals surface area contributed by atoms with Gasteiger partial charge in [0.15, 0.2) is 5.60 Å². The number of aliphatic hydroxyl groups is 1. The molecule has 0 aromatic carbocycles. The lowest BCUT2D eigenvalue weighted by Crippen LogP contribution is -2.39. The first-order valence-corrected chi connectivity index (χ1v) is 3.84. The molecule has 0 radical (unpaired) electrons. The van der Waals surface area contributed by atoms with Crippen molar-refractivity contribution in [3.63, 3.8) is 0 Å². The summed E-state index contributed by atoms with van der Waals surface area (Å²) in [6, 6.07) is 1.85. The van der Waals surface area contributed by atoms with E-state index < -0.39 is 11.6 Å². The number of nitrogens with zero attached hydrogens (tertiary/aromatic N) is 3. The number of hydrogen-bond acceptors (Lipinski definition) is 4.